The lowest BCUT2D eigenvalue weighted by molar-refractivity contribution is -0.0136. The maximum atomic E-state index is 13.3. The van der Waals surface area contributed by atoms with Gasteiger partial charge < -0.3 is 15.4 Å². The topological polar surface area (TPSA) is 81.1 Å². The van der Waals surface area contributed by atoms with Crippen LogP contribution < -0.4 is 15.4 Å². The number of aromatic nitrogens is 3. The van der Waals surface area contributed by atoms with Crippen molar-refractivity contribution in [3.8, 4) is 11.4 Å². The fraction of sp³-hybridized carbons (Fsp3) is 0.500. The highest BCUT2D eigenvalue weighted by Gasteiger charge is 2.51. The molecule has 1 aromatic heterocycles. The second-order valence-corrected chi connectivity index (χ2v) is 12.6. The average Bonchev–Trinajstić information content (AvgIpc) is 3.31. The second kappa shape index (κ2) is 10.3. The number of hydrogen-bond donors (Lipinski definition) is 2. The molecule has 3 aromatic rings. The summed E-state index contributed by atoms with van der Waals surface area (Å²) in [5.41, 5.74) is 3.30. The number of benzene rings is 2. The maximum absolute atomic E-state index is 13.3. The number of carbonyl (C=O) groups excluding carboxylic acids is 1. The van der Waals surface area contributed by atoms with Gasteiger partial charge in [0.25, 0.3) is 0 Å². The van der Waals surface area contributed by atoms with Crippen molar-refractivity contribution in [3.05, 3.63) is 65.5 Å². The summed E-state index contributed by atoms with van der Waals surface area (Å²) in [6, 6.07) is 16.0. The standard InChI is InChI=1S/C30H37N5O2S/c1-19-7-9-25(10-8-19)35-27(33-34-29(35)38-18-21-5-4-6-26(14-21)37-3)20(2)31-28(36)32-30-15-22-11-23(16-30)13-24(12-22)17-30/h4-10,14,20,22-24H,11-13,15-18H2,1-3H3,(H2,31,32,36). The van der Waals surface area contributed by atoms with Crippen LogP contribution in [0.5, 0.6) is 5.75 Å². The van der Waals surface area contributed by atoms with Crippen LogP contribution in [0.3, 0.4) is 0 Å². The van der Waals surface area contributed by atoms with Crippen molar-refractivity contribution in [1.82, 2.24) is 25.4 Å². The highest BCUT2D eigenvalue weighted by Crippen LogP contribution is 2.55. The van der Waals surface area contributed by atoms with Crippen LogP contribution in [0.25, 0.3) is 5.69 Å². The number of methoxy groups -OCH3 is 1. The number of amides is 2. The second-order valence-electron chi connectivity index (χ2n) is 11.7. The summed E-state index contributed by atoms with van der Waals surface area (Å²) in [6.07, 6.45) is 7.46. The summed E-state index contributed by atoms with van der Waals surface area (Å²) in [5, 5.41) is 16.5. The molecular weight excluding hydrogens is 494 g/mol. The minimum atomic E-state index is -0.302. The Bertz CT molecular complexity index is 1270. The first-order valence-electron chi connectivity index (χ1n) is 13.8. The van der Waals surface area contributed by atoms with E-state index in [0.29, 0.717) is 0 Å². The molecule has 7 nitrogen and oxygen atoms in total. The Morgan fingerprint density at radius 2 is 1.76 bits per heavy atom. The van der Waals surface area contributed by atoms with E-state index in [9.17, 15) is 4.79 Å². The summed E-state index contributed by atoms with van der Waals surface area (Å²) in [6.45, 7) is 4.07. The van der Waals surface area contributed by atoms with Crippen molar-refractivity contribution in [2.45, 2.75) is 74.9 Å². The van der Waals surface area contributed by atoms with Crippen molar-refractivity contribution >= 4 is 17.8 Å². The van der Waals surface area contributed by atoms with Gasteiger partial charge in [-0.3, -0.25) is 4.57 Å². The van der Waals surface area contributed by atoms with Crippen molar-refractivity contribution < 1.29 is 9.53 Å². The monoisotopic (exact) mass is 531 g/mol. The van der Waals surface area contributed by atoms with Gasteiger partial charge >= 0.3 is 6.03 Å². The molecule has 2 amide bonds. The molecule has 0 spiro atoms. The molecular formula is C30H37N5O2S. The molecule has 4 saturated carbocycles. The zero-order valence-corrected chi connectivity index (χ0v) is 23.3. The van der Waals surface area contributed by atoms with Crippen LogP contribution in [0.15, 0.2) is 53.7 Å². The number of rotatable bonds is 8. The lowest BCUT2D eigenvalue weighted by atomic mass is 9.53. The van der Waals surface area contributed by atoms with Crippen LogP contribution in [-0.4, -0.2) is 33.4 Å². The van der Waals surface area contributed by atoms with Crippen LogP contribution in [0, 0.1) is 24.7 Å². The molecule has 1 heterocycles. The number of nitrogens with zero attached hydrogens (tertiary/aromatic N) is 3. The predicted molar refractivity (Wildman–Crippen MR) is 150 cm³/mol. The van der Waals surface area contributed by atoms with E-state index < -0.39 is 0 Å². The summed E-state index contributed by atoms with van der Waals surface area (Å²) in [4.78, 5) is 13.3. The highest BCUT2D eigenvalue weighted by molar-refractivity contribution is 7.98. The number of urea groups is 1. The Morgan fingerprint density at radius 3 is 2.42 bits per heavy atom. The van der Waals surface area contributed by atoms with Gasteiger partial charge in [-0.15, -0.1) is 10.2 Å². The molecule has 2 N–H and O–H groups in total. The lowest BCUT2D eigenvalue weighted by Crippen LogP contribution is -2.61. The average molecular weight is 532 g/mol. The smallest absolute Gasteiger partial charge is 0.315 e. The third-order valence-electron chi connectivity index (χ3n) is 8.60. The first kappa shape index (κ1) is 25.3. The van der Waals surface area contributed by atoms with E-state index >= 15 is 0 Å². The Labute approximate surface area is 229 Å². The molecule has 4 aliphatic carbocycles. The zero-order chi connectivity index (χ0) is 26.3. The first-order chi connectivity index (χ1) is 18.4. The quantitative estimate of drug-likeness (QED) is 0.338. The molecule has 2 aromatic carbocycles. The molecule has 200 valence electrons. The number of nitrogens with one attached hydrogen (secondary N) is 2. The number of carbonyl (C=O) groups is 1. The van der Waals surface area contributed by atoms with Crippen LogP contribution in [0.4, 0.5) is 4.79 Å². The molecule has 1 unspecified atom stereocenters. The van der Waals surface area contributed by atoms with E-state index in [1.807, 2.05) is 25.1 Å². The minimum Gasteiger partial charge on any atom is -0.497 e. The van der Waals surface area contributed by atoms with E-state index in [0.717, 1.165) is 70.8 Å². The fourth-order valence-corrected chi connectivity index (χ4v) is 8.21. The van der Waals surface area contributed by atoms with E-state index in [4.69, 9.17) is 4.74 Å². The Morgan fingerprint density at radius 1 is 1.08 bits per heavy atom. The van der Waals surface area contributed by atoms with Crippen molar-refractivity contribution in [1.29, 1.82) is 0 Å². The van der Waals surface area contributed by atoms with Crippen molar-refractivity contribution in [2.75, 3.05) is 7.11 Å². The predicted octanol–water partition coefficient (Wildman–Crippen LogP) is 6.21. The summed E-state index contributed by atoms with van der Waals surface area (Å²) >= 11 is 1.63. The van der Waals surface area contributed by atoms with Crippen LogP contribution in [0.2, 0.25) is 0 Å². The minimum absolute atomic E-state index is 0.0268. The third kappa shape index (κ3) is 5.15. The molecule has 1 atom stereocenters. The summed E-state index contributed by atoms with van der Waals surface area (Å²) < 4.78 is 7.45. The van der Waals surface area contributed by atoms with Gasteiger partial charge in [0.1, 0.15) is 5.75 Å². The Balaban J connectivity index is 1.20. The van der Waals surface area contributed by atoms with Crippen LogP contribution in [0.1, 0.15) is 68.4 Å². The molecule has 38 heavy (non-hydrogen) atoms. The van der Waals surface area contributed by atoms with Gasteiger partial charge in [0.15, 0.2) is 11.0 Å². The number of aryl methyl sites for hydroxylation is 1. The summed E-state index contributed by atoms with van der Waals surface area (Å²) in [7, 11) is 1.68. The molecule has 4 bridgehead atoms. The van der Waals surface area contributed by atoms with E-state index in [1.54, 1.807) is 18.9 Å². The zero-order valence-electron chi connectivity index (χ0n) is 22.4. The van der Waals surface area contributed by atoms with Crippen LogP contribution >= 0.6 is 11.8 Å². The lowest BCUT2D eigenvalue weighted by Gasteiger charge is -2.56. The highest BCUT2D eigenvalue weighted by atomic mass is 32.2. The molecule has 0 aliphatic heterocycles. The molecule has 4 aliphatic rings. The number of thioether (sulfide) groups is 1. The largest absolute Gasteiger partial charge is 0.497 e. The maximum Gasteiger partial charge on any atom is 0.315 e. The first-order valence-corrected chi connectivity index (χ1v) is 14.7. The van der Waals surface area contributed by atoms with Crippen molar-refractivity contribution in [2.24, 2.45) is 17.8 Å². The normalized spacial score (nSPS) is 26.2. The van der Waals surface area contributed by atoms with Gasteiger partial charge in [-0.05, 0) is 100.0 Å². The Kier molecular flexibility index (Phi) is 6.84. The number of ether oxygens (including phenoxy) is 1. The molecule has 7 rings (SSSR count). The van der Waals surface area contributed by atoms with Crippen molar-refractivity contribution in [3.63, 3.8) is 0 Å². The van der Waals surface area contributed by atoms with Gasteiger partial charge in [0.2, 0.25) is 0 Å². The van der Waals surface area contributed by atoms with E-state index in [1.165, 1.54) is 24.8 Å². The third-order valence-corrected chi connectivity index (χ3v) is 9.60. The number of hydrogen-bond acceptors (Lipinski definition) is 5. The SMILES string of the molecule is COc1cccc(CSc2nnc(C(C)NC(=O)NC34CC5CC(CC(C5)C3)C4)n2-c2ccc(C)cc2)c1. The van der Waals surface area contributed by atoms with Gasteiger partial charge in [-0.2, -0.15) is 0 Å². The fourth-order valence-electron chi connectivity index (χ4n) is 7.30. The van der Waals surface area contributed by atoms with Gasteiger partial charge in [-0.1, -0.05) is 41.6 Å². The van der Waals surface area contributed by atoms with E-state index in [-0.39, 0.29) is 17.6 Å². The summed E-state index contributed by atoms with van der Waals surface area (Å²) in [5.74, 6) is 4.65. The van der Waals surface area contributed by atoms with Gasteiger partial charge in [0.05, 0.1) is 13.2 Å². The molecule has 4 fully saturated rings. The van der Waals surface area contributed by atoms with Gasteiger partial charge in [-0.25, -0.2) is 4.79 Å². The van der Waals surface area contributed by atoms with Gasteiger partial charge in [0, 0.05) is 17.0 Å². The molecule has 8 heteroatoms. The molecule has 0 radical (unpaired) electrons. The Hall–Kier alpha value is -3.00. The van der Waals surface area contributed by atoms with E-state index in [2.05, 4.69) is 62.7 Å². The van der Waals surface area contributed by atoms with Crippen LogP contribution in [-0.2, 0) is 5.75 Å². The molecule has 0 saturated heterocycles.